The van der Waals surface area contributed by atoms with Gasteiger partial charge >= 0.3 is 0 Å². The first-order valence-electron chi connectivity index (χ1n) is 8.09. The van der Waals surface area contributed by atoms with Gasteiger partial charge in [0.15, 0.2) is 18.2 Å². The summed E-state index contributed by atoms with van der Waals surface area (Å²) in [6.07, 6.45) is 0.925. The Morgan fingerprint density at radius 2 is 1.68 bits per heavy atom. The van der Waals surface area contributed by atoms with Gasteiger partial charge in [0.25, 0.3) is 5.91 Å². The van der Waals surface area contributed by atoms with Crippen LogP contribution >= 0.6 is 0 Å². The molecule has 0 aliphatic carbocycles. The first kappa shape index (κ1) is 18.7. The molecule has 4 nitrogen and oxygen atoms in total. The number of ether oxygens (including phenoxy) is 2. The number of rotatable bonds is 8. The maximum absolute atomic E-state index is 13.2. The van der Waals surface area contributed by atoms with E-state index in [1.54, 1.807) is 31.2 Å². The first-order valence-corrected chi connectivity index (χ1v) is 8.09. The predicted molar refractivity (Wildman–Crippen MR) is 90.6 cm³/mol. The molecule has 0 radical (unpaired) electrons. The second kappa shape index (κ2) is 9.01. The summed E-state index contributed by atoms with van der Waals surface area (Å²) < 4.78 is 37.0. The maximum Gasteiger partial charge on any atom is 0.258 e. The molecule has 0 saturated heterocycles. The van der Waals surface area contributed by atoms with Gasteiger partial charge in [0, 0.05) is 0 Å². The molecule has 25 heavy (non-hydrogen) atoms. The fraction of sp³-hybridized carbons (Fsp3) is 0.316. The lowest BCUT2D eigenvalue weighted by Crippen LogP contribution is -2.31. The van der Waals surface area contributed by atoms with Crippen LogP contribution in [0.2, 0.25) is 0 Å². The van der Waals surface area contributed by atoms with E-state index in [0.29, 0.717) is 17.9 Å². The zero-order valence-electron chi connectivity index (χ0n) is 14.2. The van der Waals surface area contributed by atoms with Crippen molar-refractivity contribution < 1.29 is 23.0 Å². The van der Waals surface area contributed by atoms with Gasteiger partial charge in [0.2, 0.25) is 0 Å². The number of benzene rings is 2. The summed E-state index contributed by atoms with van der Waals surface area (Å²) in [5, 5.41) is 2.67. The van der Waals surface area contributed by atoms with E-state index in [1.165, 1.54) is 6.07 Å². The van der Waals surface area contributed by atoms with Gasteiger partial charge < -0.3 is 14.8 Å². The van der Waals surface area contributed by atoms with Crippen LogP contribution in [0.25, 0.3) is 0 Å². The number of hydrogen-bond acceptors (Lipinski definition) is 3. The Morgan fingerprint density at radius 3 is 2.28 bits per heavy atom. The molecule has 1 unspecified atom stereocenters. The summed E-state index contributed by atoms with van der Waals surface area (Å²) in [6, 6.07) is 10.0. The van der Waals surface area contributed by atoms with Crippen molar-refractivity contribution in [1.82, 2.24) is 5.32 Å². The van der Waals surface area contributed by atoms with Crippen molar-refractivity contribution in [2.45, 2.75) is 26.3 Å². The van der Waals surface area contributed by atoms with Gasteiger partial charge in [-0.05, 0) is 55.3 Å². The van der Waals surface area contributed by atoms with E-state index in [0.717, 1.165) is 24.3 Å². The third-order valence-electron chi connectivity index (χ3n) is 3.49. The van der Waals surface area contributed by atoms with Crippen LogP contribution in [0, 0.1) is 11.6 Å². The normalized spacial score (nSPS) is 11.7. The van der Waals surface area contributed by atoms with Crippen molar-refractivity contribution in [3.8, 4) is 11.5 Å². The molecule has 0 aliphatic heterocycles. The molecular formula is C19H21F2NO3. The summed E-state index contributed by atoms with van der Waals surface area (Å²) >= 11 is 0. The van der Waals surface area contributed by atoms with Crippen molar-refractivity contribution in [3.05, 3.63) is 59.7 Å². The molecule has 0 fully saturated rings. The Labute approximate surface area is 145 Å². The molecule has 2 aromatic carbocycles. The fourth-order valence-electron chi connectivity index (χ4n) is 2.15. The van der Waals surface area contributed by atoms with Crippen LogP contribution in [0.1, 0.15) is 31.9 Å². The largest absolute Gasteiger partial charge is 0.494 e. The zero-order valence-corrected chi connectivity index (χ0v) is 14.2. The number of halogens is 2. The second-order valence-electron chi connectivity index (χ2n) is 5.57. The lowest BCUT2D eigenvalue weighted by Gasteiger charge is -2.15. The monoisotopic (exact) mass is 349 g/mol. The molecular weight excluding hydrogens is 328 g/mol. The van der Waals surface area contributed by atoms with E-state index in [1.807, 2.05) is 6.92 Å². The Bertz CT molecular complexity index is 704. The molecule has 2 aromatic rings. The Kier molecular flexibility index (Phi) is 6.74. The van der Waals surface area contributed by atoms with Gasteiger partial charge in [-0.25, -0.2) is 8.78 Å². The summed E-state index contributed by atoms with van der Waals surface area (Å²) in [6.45, 7) is 4.18. The minimum atomic E-state index is -0.944. The summed E-state index contributed by atoms with van der Waals surface area (Å²) in [5.41, 5.74) is 0.477. The first-order chi connectivity index (χ1) is 12.0. The molecule has 0 saturated carbocycles. The highest BCUT2D eigenvalue weighted by Gasteiger charge is 2.12. The molecule has 0 heterocycles. The number of hydrogen-bond donors (Lipinski definition) is 1. The van der Waals surface area contributed by atoms with E-state index in [9.17, 15) is 13.6 Å². The van der Waals surface area contributed by atoms with E-state index in [4.69, 9.17) is 9.47 Å². The van der Waals surface area contributed by atoms with Crippen LogP contribution in [0.3, 0.4) is 0 Å². The molecule has 1 atom stereocenters. The van der Waals surface area contributed by atoms with Crippen LogP contribution in [0.4, 0.5) is 8.78 Å². The average Bonchev–Trinajstić information content (AvgIpc) is 2.61. The number of nitrogens with one attached hydrogen (secondary N) is 1. The Balaban J connectivity index is 1.82. The van der Waals surface area contributed by atoms with Crippen molar-refractivity contribution in [2.75, 3.05) is 13.2 Å². The van der Waals surface area contributed by atoms with Crippen LogP contribution in [-0.4, -0.2) is 19.1 Å². The van der Waals surface area contributed by atoms with E-state index < -0.39 is 17.7 Å². The third kappa shape index (κ3) is 5.74. The third-order valence-corrected chi connectivity index (χ3v) is 3.49. The number of carbonyl (C=O) groups excluding carboxylic acids is 1. The Hall–Kier alpha value is -2.63. The van der Waals surface area contributed by atoms with Crippen LogP contribution in [0.5, 0.6) is 11.5 Å². The van der Waals surface area contributed by atoms with Gasteiger partial charge in [0.1, 0.15) is 11.5 Å². The minimum Gasteiger partial charge on any atom is -0.494 e. The molecule has 1 N–H and O–H groups in total. The van der Waals surface area contributed by atoms with Gasteiger partial charge in [-0.2, -0.15) is 0 Å². The quantitative estimate of drug-likeness (QED) is 0.783. The van der Waals surface area contributed by atoms with Crippen LogP contribution in [0.15, 0.2) is 42.5 Å². The van der Waals surface area contributed by atoms with Gasteiger partial charge in [0.05, 0.1) is 12.6 Å². The molecule has 2 rings (SSSR count). The standard InChI is InChI=1S/C19H21F2NO3/c1-3-10-24-15-5-7-16(8-6-15)25-12-19(23)22-13(2)14-4-9-17(20)18(21)11-14/h4-9,11,13H,3,10,12H2,1-2H3,(H,22,23). The van der Waals surface area contributed by atoms with Crippen molar-refractivity contribution in [1.29, 1.82) is 0 Å². The smallest absolute Gasteiger partial charge is 0.258 e. The van der Waals surface area contributed by atoms with Crippen molar-refractivity contribution in [3.63, 3.8) is 0 Å². The highest BCUT2D eigenvalue weighted by atomic mass is 19.2. The van der Waals surface area contributed by atoms with Crippen LogP contribution < -0.4 is 14.8 Å². The minimum absolute atomic E-state index is 0.177. The van der Waals surface area contributed by atoms with Gasteiger partial charge in [-0.15, -0.1) is 0 Å². The molecule has 0 aromatic heterocycles. The molecule has 0 bridgehead atoms. The van der Waals surface area contributed by atoms with Gasteiger partial charge in [-0.1, -0.05) is 13.0 Å². The van der Waals surface area contributed by atoms with Crippen molar-refractivity contribution >= 4 is 5.91 Å². The van der Waals surface area contributed by atoms with E-state index in [2.05, 4.69) is 5.32 Å². The maximum atomic E-state index is 13.2. The molecule has 0 aliphatic rings. The SMILES string of the molecule is CCCOc1ccc(OCC(=O)NC(C)c2ccc(F)c(F)c2)cc1. The molecule has 0 spiro atoms. The molecule has 1 amide bonds. The summed E-state index contributed by atoms with van der Waals surface area (Å²) in [7, 11) is 0. The summed E-state index contributed by atoms with van der Waals surface area (Å²) in [5.74, 6) is -0.939. The molecule has 134 valence electrons. The lowest BCUT2D eigenvalue weighted by molar-refractivity contribution is -0.123. The Morgan fingerprint density at radius 1 is 1.04 bits per heavy atom. The second-order valence-corrected chi connectivity index (χ2v) is 5.57. The van der Waals surface area contributed by atoms with E-state index in [-0.39, 0.29) is 12.5 Å². The molecule has 6 heteroatoms. The van der Waals surface area contributed by atoms with Crippen molar-refractivity contribution in [2.24, 2.45) is 0 Å². The predicted octanol–water partition coefficient (Wildman–Crippen LogP) is 4.01. The lowest BCUT2D eigenvalue weighted by atomic mass is 10.1. The average molecular weight is 349 g/mol. The topological polar surface area (TPSA) is 47.6 Å². The number of amides is 1. The van der Waals surface area contributed by atoms with Gasteiger partial charge in [-0.3, -0.25) is 4.79 Å². The number of carbonyl (C=O) groups is 1. The van der Waals surface area contributed by atoms with Crippen LogP contribution in [-0.2, 0) is 4.79 Å². The fourth-order valence-corrected chi connectivity index (χ4v) is 2.15. The highest BCUT2D eigenvalue weighted by molar-refractivity contribution is 5.78. The highest BCUT2D eigenvalue weighted by Crippen LogP contribution is 2.18. The summed E-state index contributed by atoms with van der Waals surface area (Å²) in [4.78, 5) is 11.9. The zero-order chi connectivity index (χ0) is 18.2. The van der Waals surface area contributed by atoms with E-state index >= 15 is 0 Å².